The molecule has 0 aliphatic carbocycles. The third kappa shape index (κ3) is 4.18. The van der Waals surface area contributed by atoms with Crippen LogP contribution in [0, 0.1) is 5.82 Å². The fourth-order valence-electron chi connectivity index (χ4n) is 2.20. The van der Waals surface area contributed by atoms with Crippen LogP contribution in [0.1, 0.15) is 31.7 Å². The summed E-state index contributed by atoms with van der Waals surface area (Å²) in [5, 5.41) is 3.28. The van der Waals surface area contributed by atoms with Gasteiger partial charge in [-0.3, -0.25) is 0 Å². The predicted molar refractivity (Wildman–Crippen MR) is 72.9 cm³/mol. The molecule has 1 saturated heterocycles. The molecule has 1 fully saturated rings. The summed E-state index contributed by atoms with van der Waals surface area (Å²) in [4.78, 5) is 0. The van der Waals surface area contributed by atoms with Crippen LogP contribution in [0.25, 0.3) is 0 Å². The molecule has 1 N–H and O–H groups in total. The van der Waals surface area contributed by atoms with Gasteiger partial charge >= 0.3 is 0 Å². The molecule has 0 bridgehead atoms. The summed E-state index contributed by atoms with van der Waals surface area (Å²) in [6.07, 6.45) is 2.93. The second-order valence-electron chi connectivity index (χ2n) is 4.86. The molecule has 0 spiro atoms. The minimum Gasteiger partial charge on any atom is -0.485 e. The van der Waals surface area contributed by atoms with Crippen LogP contribution in [0.5, 0.6) is 5.75 Å². The first-order valence-electron chi connectivity index (χ1n) is 7.03. The third-order valence-electron chi connectivity index (χ3n) is 3.19. The van der Waals surface area contributed by atoms with E-state index in [1.54, 1.807) is 6.07 Å². The Morgan fingerprint density at radius 2 is 2.37 bits per heavy atom. The molecule has 1 heterocycles. The monoisotopic (exact) mass is 267 g/mol. The van der Waals surface area contributed by atoms with Crippen LogP contribution < -0.4 is 10.1 Å². The second-order valence-corrected chi connectivity index (χ2v) is 4.86. The normalized spacial score (nSPS) is 19.4. The lowest BCUT2D eigenvalue weighted by molar-refractivity contribution is 0.00542. The van der Waals surface area contributed by atoms with Gasteiger partial charge in [-0.15, -0.1) is 0 Å². The molecule has 19 heavy (non-hydrogen) atoms. The number of para-hydroxylation sites is 1. The number of hydrogen-bond donors (Lipinski definition) is 1. The van der Waals surface area contributed by atoms with E-state index in [-0.39, 0.29) is 11.9 Å². The van der Waals surface area contributed by atoms with Gasteiger partial charge in [-0.1, -0.05) is 19.1 Å². The molecule has 2 rings (SSSR count). The number of hydrogen-bond acceptors (Lipinski definition) is 3. The maximum absolute atomic E-state index is 13.9. The van der Waals surface area contributed by atoms with Crippen molar-refractivity contribution in [3.8, 4) is 5.75 Å². The van der Waals surface area contributed by atoms with Gasteiger partial charge in [0.1, 0.15) is 6.10 Å². The van der Waals surface area contributed by atoms with E-state index < -0.39 is 0 Å². The summed E-state index contributed by atoms with van der Waals surface area (Å²) >= 11 is 0. The van der Waals surface area contributed by atoms with Crippen molar-refractivity contribution in [2.24, 2.45) is 0 Å². The molecule has 0 amide bonds. The number of nitrogens with one attached hydrogen (secondary N) is 1. The zero-order valence-corrected chi connectivity index (χ0v) is 11.5. The highest BCUT2D eigenvalue weighted by molar-refractivity contribution is 5.35. The standard InChI is InChI=1S/C15H22FNO2/c1-2-8-17-10-12-5-3-7-14(16)15(12)19-13-6-4-9-18-11-13/h3,5,7,13,17H,2,4,6,8-11H2,1H3. The molecule has 1 aromatic carbocycles. The summed E-state index contributed by atoms with van der Waals surface area (Å²) in [6.45, 7) is 4.99. The maximum atomic E-state index is 13.9. The van der Waals surface area contributed by atoms with Crippen molar-refractivity contribution in [1.82, 2.24) is 5.32 Å². The molecule has 3 nitrogen and oxygen atoms in total. The van der Waals surface area contributed by atoms with Crippen molar-refractivity contribution in [1.29, 1.82) is 0 Å². The number of ether oxygens (including phenoxy) is 2. The van der Waals surface area contributed by atoms with Gasteiger partial charge in [0.2, 0.25) is 0 Å². The van der Waals surface area contributed by atoms with Crippen molar-refractivity contribution in [3.05, 3.63) is 29.6 Å². The minimum absolute atomic E-state index is 0.0319. The van der Waals surface area contributed by atoms with Crippen LogP contribution >= 0.6 is 0 Å². The summed E-state index contributed by atoms with van der Waals surface area (Å²) in [5.41, 5.74) is 0.874. The van der Waals surface area contributed by atoms with E-state index in [1.807, 2.05) is 6.07 Å². The molecule has 1 unspecified atom stereocenters. The van der Waals surface area contributed by atoms with Crippen molar-refractivity contribution in [2.75, 3.05) is 19.8 Å². The minimum atomic E-state index is -0.290. The van der Waals surface area contributed by atoms with Gasteiger partial charge in [-0.25, -0.2) is 4.39 Å². The number of benzene rings is 1. The van der Waals surface area contributed by atoms with Gasteiger partial charge in [0.05, 0.1) is 6.61 Å². The van der Waals surface area contributed by atoms with Gasteiger partial charge in [-0.2, -0.15) is 0 Å². The topological polar surface area (TPSA) is 30.5 Å². The summed E-state index contributed by atoms with van der Waals surface area (Å²) in [6, 6.07) is 5.08. The van der Waals surface area contributed by atoms with Crippen molar-refractivity contribution in [2.45, 2.75) is 38.8 Å². The SMILES string of the molecule is CCCNCc1cccc(F)c1OC1CCCOC1. The molecule has 1 atom stereocenters. The Balaban J connectivity index is 2.03. The summed E-state index contributed by atoms with van der Waals surface area (Å²) in [5.74, 6) is 0.0861. The van der Waals surface area contributed by atoms with E-state index in [4.69, 9.17) is 9.47 Å². The van der Waals surface area contributed by atoms with E-state index >= 15 is 0 Å². The summed E-state index contributed by atoms with van der Waals surface area (Å²) in [7, 11) is 0. The van der Waals surface area contributed by atoms with E-state index in [9.17, 15) is 4.39 Å². The molecular weight excluding hydrogens is 245 g/mol. The Morgan fingerprint density at radius 1 is 1.47 bits per heavy atom. The predicted octanol–water partition coefficient (Wildman–Crippen LogP) is 2.88. The Labute approximate surface area is 114 Å². The Kier molecular flexibility index (Phi) is 5.61. The molecule has 1 aromatic rings. The highest BCUT2D eigenvalue weighted by atomic mass is 19.1. The number of halogens is 1. The Morgan fingerprint density at radius 3 is 3.11 bits per heavy atom. The molecule has 0 saturated carbocycles. The van der Waals surface area contributed by atoms with E-state index in [0.717, 1.165) is 38.0 Å². The molecule has 1 aliphatic rings. The lowest BCUT2D eigenvalue weighted by Gasteiger charge is -2.24. The van der Waals surface area contributed by atoms with Crippen molar-refractivity contribution >= 4 is 0 Å². The van der Waals surface area contributed by atoms with Gasteiger partial charge in [0.15, 0.2) is 11.6 Å². The highest BCUT2D eigenvalue weighted by Crippen LogP contribution is 2.25. The quantitative estimate of drug-likeness (QED) is 0.804. The lowest BCUT2D eigenvalue weighted by atomic mass is 10.1. The third-order valence-corrected chi connectivity index (χ3v) is 3.19. The molecule has 4 heteroatoms. The van der Waals surface area contributed by atoms with Crippen LogP contribution in [0.4, 0.5) is 4.39 Å². The molecule has 0 aromatic heterocycles. The van der Waals surface area contributed by atoms with Gasteiger partial charge < -0.3 is 14.8 Å². The van der Waals surface area contributed by atoms with Crippen molar-refractivity contribution < 1.29 is 13.9 Å². The average Bonchev–Trinajstić information content (AvgIpc) is 2.44. The first-order valence-corrected chi connectivity index (χ1v) is 7.03. The maximum Gasteiger partial charge on any atom is 0.165 e. The first-order chi connectivity index (χ1) is 9.31. The van der Waals surface area contributed by atoms with E-state index in [0.29, 0.717) is 18.9 Å². The largest absolute Gasteiger partial charge is 0.485 e. The molecule has 1 aliphatic heterocycles. The highest BCUT2D eigenvalue weighted by Gasteiger charge is 2.19. The van der Waals surface area contributed by atoms with Crippen LogP contribution in [-0.2, 0) is 11.3 Å². The van der Waals surface area contributed by atoms with E-state index in [2.05, 4.69) is 12.2 Å². The Hall–Kier alpha value is -1.13. The first kappa shape index (κ1) is 14.3. The van der Waals surface area contributed by atoms with Crippen LogP contribution in [-0.4, -0.2) is 25.9 Å². The lowest BCUT2D eigenvalue weighted by Crippen LogP contribution is -2.29. The molecular formula is C15H22FNO2. The molecule has 106 valence electrons. The summed E-state index contributed by atoms with van der Waals surface area (Å²) < 4.78 is 25.1. The van der Waals surface area contributed by atoms with E-state index in [1.165, 1.54) is 6.07 Å². The zero-order chi connectivity index (χ0) is 13.5. The van der Waals surface area contributed by atoms with Crippen LogP contribution in [0.15, 0.2) is 18.2 Å². The van der Waals surface area contributed by atoms with Gasteiger partial charge in [0, 0.05) is 18.7 Å². The fourth-order valence-corrected chi connectivity index (χ4v) is 2.20. The van der Waals surface area contributed by atoms with Crippen molar-refractivity contribution in [3.63, 3.8) is 0 Å². The van der Waals surface area contributed by atoms with Gasteiger partial charge in [-0.05, 0) is 31.9 Å². The fraction of sp³-hybridized carbons (Fsp3) is 0.600. The number of rotatable bonds is 6. The van der Waals surface area contributed by atoms with Crippen LogP contribution in [0.2, 0.25) is 0 Å². The smallest absolute Gasteiger partial charge is 0.165 e. The van der Waals surface area contributed by atoms with Gasteiger partial charge in [0.25, 0.3) is 0 Å². The Bertz CT molecular complexity index is 392. The average molecular weight is 267 g/mol. The zero-order valence-electron chi connectivity index (χ0n) is 11.5. The van der Waals surface area contributed by atoms with Crippen LogP contribution in [0.3, 0.4) is 0 Å². The second kappa shape index (κ2) is 7.46. The molecule has 0 radical (unpaired) electrons.